The second-order valence-corrected chi connectivity index (χ2v) is 16.2. The highest BCUT2D eigenvalue weighted by Gasteiger charge is 2.24. The molecule has 0 aromatic carbocycles. The van der Waals surface area contributed by atoms with E-state index in [1.54, 1.807) is 0 Å². The number of rotatable bonds is 42. The first kappa shape index (κ1) is 52.3. The molecule has 6 nitrogen and oxygen atoms in total. The molecule has 6 heteroatoms. The Morgan fingerprint density at radius 1 is 0.537 bits per heavy atom. The van der Waals surface area contributed by atoms with Gasteiger partial charge in [-0.05, 0) is 51.4 Å². The van der Waals surface area contributed by atoms with E-state index < -0.39 is 18.2 Å². The highest BCUT2D eigenvalue weighted by Crippen LogP contribution is 2.18. The minimum atomic E-state index is -0.783. The van der Waals surface area contributed by atoms with Crippen molar-refractivity contribution in [2.45, 2.75) is 264 Å². The molecule has 0 fully saturated rings. The van der Waals surface area contributed by atoms with Crippen LogP contribution in [0.3, 0.4) is 0 Å². The van der Waals surface area contributed by atoms with Crippen molar-refractivity contribution in [1.29, 1.82) is 0 Å². The quantitative estimate of drug-likeness (QED) is 0.0327. The maximum absolute atomic E-state index is 13.1. The molecule has 0 aliphatic carbocycles. The van der Waals surface area contributed by atoms with Crippen LogP contribution in [-0.4, -0.2) is 46.9 Å². The summed E-state index contributed by atoms with van der Waals surface area (Å²) in [5, 5.41) is 23.6. The van der Waals surface area contributed by atoms with Gasteiger partial charge in [0.2, 0.25) is 5.91 Å². The topological polar surface area (TPSA) is 95.9 Å². The third-order valence-electron chi connectivity index (χ3n) is 10.8. The first-order valence-electron chi connectivity index (χ1n) is 23.6. The monoisotopic (exact) mass is 762 g/mol. The number of hydrogen-bond acceptors (Lipinski definition) is 5. The second kappa shape index (κ2) is 42.5. The molecule has 3 unspecified atom stereocenters. The number of ether oxygens (including phenoxy) is 1. The molecular weight excluding hydrogens is 671 g/mol. The summed E-state index contributed by atoms with van der Waals surface area (Å²) >= 11 is 0. The number of hydrogen-bond donors (Lipinski definition) is 3. The van der Waals surface area contributed by atoms with E-state index in [0.29, 0.717) is 19.3 Å². The molecule has 0 aromatic heterocycles. The number of aliphatic hydroxyl groups is 2. The van der Waals surface area contributed by atoms with Crippen molar-refractivity contribution < 1.29 is 24.5 Å². The number of allylic oxidation sites excluding steroid dienone is 4. The normalized spacial score (nSPS) is 13.5. The molecule has 1 amide bonds. The Bertz CT molecular complexity index is 858. The summed E-state index contributed by atoms with van der Waals surface area (Å²) in [6.45, 7) is 6.43. The summed E-state index contributed by atoms with van der Waals surface area (Å²) in [7, 11) is 0. The lowest BCUT2D eigenvalue weighted by molar-refractivity contribution is -0.151. The van der Waals surface area contributed by atoms with Crippen molar-refractivity contribution in [3.05, 3.63) is 24.3 Å². The maximum Gasteiger partial charge on any atom is 0.306 e. The smallest absolute Gasteiger partial charge is 0.306 e. The van der Waals surface area contributed by atoms with Gasteiger partial charge in [0, 0.05) is 6.42 Å². The van der Waals surface area contributed by atoms with Crippen molar-refractivity contribution in [3.8, 4) is 0 Å². The predicted octanol–water partition coefficient (Wildman–Crippen LogP) is 13.6. The van der Waals surface area contributed by atoms with E-state index in [1.807, 2.05) is 0 Å². The number of unbranched alkanes of at least 4 members (excludes halogenated alkanes) is 27. The van der Waals surface area contributed by atoms with Crippen LogP contribution in [-0.2, 0) is 14.3 Å². The summed E-state index contributed by atoms with van der Waals surface area (Å²) in [4.78, 5) is 26.0. The number of nitrogens with one attached hydrogen (secondary N) is 1. The van der Waals surface area contributed by atoms with Crippen LogP contribution < -0.4 is 5.32 Å². The van der Waals surface area contributed by atoms with Crippen LogP contribution >= 0.6 is 0 Å². The maximum atomic E-state index is 13.1. The molecule has 0 saturated carbocycles. The van der Waals surface area contributed by atoms with E-state index in [9.17, 15) is 19.8 Å². The Morgan fingerprint density at radius 3 is 1.41 bits per heavy atom. The highest BCUT2D eigenvalue weighted by atomic mass is 16.5. The fourth-order valence-corrected chi connectivity index (χ4v) is 7.19. The molecule has 0 spiro atoms. The summed E-state index contributed by atoms with van der Waals surface area (Å²) in [5.41, 5.74) is 0. The average Bonchev–Trinajstić information content (AvgIpc) is 3.16. The van der Waals surface area contributed by atoms with Crippen LogP contribution in [0.15, 0.2) is 24.3 Å². The molecule has 0 heterocycles. The van der Waals surface area contributed by atoms with Gasteiger partial charge in [-0.1, -0.05) is 206 Å². The fourth-order valence-electron chi connectivity index (χ4n) is 7.19. The SMILES string of the molecule is CCCCC/C=C/C=C/CCCCCCCCC(=O)OC(CCCCCCCCCCCCC)CC(=O)NC(CO)C(O)CCCCCCCCCCC. The summed E-state index contributed by atoms with van der Waals surface area (Å²) in [6, 6.07) is -0.696. The third-order valence-corrected chi connectivity index (χ3v) is 10.8. The molecule has 3 N–H and O–H groups in total. The number of amides is 1. The van der Waals surface area contributed by atoms with E-state index in [4.69, 9.17) is 4.74 Å². The van der Waals surface area contributed by atoms with Crippen LogP contribution in [0.5, 0.6) is 0 Å². The van der Waals surface area contributed by atoms with Gasteiger partial charge in [0.15, 0.2) is 0 Å². The molecule has 54 heavy (non-hydrogen) atoms. The van der Waals surface area contributed by atoms with E-state index in [2.05, 4.69) is 50.4 Å². The minimum absolute atomic E-state index is 0.0772. The largest absolute Gasteiger partial charge is 0.462 e. The number of esters is 1. The van der Waals surface area contributed by atoms with E-state index in [-0.39, 0.29) is 24.9 Å². The standard InChI is InChI=1S/C48H91NO5/c1-4-7-10-13-16-19-21-22-23-24-26-29-32-35-38-41-48(53)54-44(39-36-33-30-28-25-20-17-14-11-8-5-2)42-47(52)49-45(43-50)46(51)40-37-34-31-27-18-15-12-9-6-3/h16,19,21-22,44-46,50-51H,4-15,17-18,20,23-43H2,1-3H3,(H,49,52)/b19-16+,22-21+. The van der Waals surface area contributed by atoms with Crippen molar-refractivity contribution in [2.24, 2.45) is 0 Å². The first-order chi connectivity index (χ1) is 26.5. The van der Waals surface area contributed by atoms with Crippen molar-refractivity contribution in [3.63, 3.8) is 0 Å². The summed E-state index contributed by atoms with van der Waals surface area (Å²) < 4.78 is 5.90. The predicted molar refractivity (Wildman–Crippen MR) is 232 cm³/mol. The lowest BCUT2D eigenvalue weighted by Crippen LogP contribution is -2.46. The Balaban J connectivity index is 4.56. The average molecular weight is 762 g/mol. The Labute approximate surface area is 335 Å². The Morgan fingerprint density at radius 2 is 0.926 bits per heavy atom. The molecule has 0 radical (unpaired) electrons. The van der Waals surface area contributed by atoms with Crippen LogP contribution in [0.25, 0.3) is 0 Å². The van der Waals surface area contributed by atoms with Gasteiger partial charge in [-0.3, -0.25) is 9.59 Å². The molecule has 3 atom stereocenters. The molecular formula is C48H91NO5. The molecule has 0 aliphatic rings. The van der Waals surface area contributed by atoms with Gasteiger partial charge in [0.25, 0.3) is 0 Å². The number of carbonyl (C=O) groups excluding carboxylic acids is 2. The van der Waals surface area contributed by atoms with Gasteiger partial charge in [-0.2, -0.15) is 0 Å². The minimum Gasteiger partial charge on any atom is -0.462 e. The van der Waals surface area contributed by atoms with Crippen LogP contribution in [0, 0.1) is 0 Å². The molecule has 0 rings (SSSR count). The Kier molecular flexibility index (Phi) is 41.2. The van der Waals surface area contributed by atoms with Gasteiger partial charge in [0.1, 0.15) is 6.10 Å². The molecule has 0 aliphatic heterocycles. The van der Waals surface area contributed by atoms with Crippen LogP contribution in [0.4, 0.5) is 0 Å². The van der Waals surface area contributed by atoms with Crippen molar-refractivity contribution in [2.75, 3.05) is 6.61 Å². The Hall–Kier alpha value is -1.66. The fraction of sp³-hybridized carbons (Fsp3) is 0.875. The van der Waals surface area contributed by atoms with Crippen LogP contribution in [0.1, 0.15) is 245 Å². The van der Waals surface area contributed by atoms with Crippen LogP contribution in [0.2, 0.25) is 0 Å². The number of aliphatic hydroxyl groups excluding tert-OH is 2. The zero-order valence-electron chi connectivity index (χ0n) is 36.1. The third kappa shape index (κ3) is 37.3. The molecule has 318 valence electrons. The lowest BCUT2D eigenvalue weighted by atomic mass is 10.0. The summed E-state index contributed by atoms with van der Waals surface area (Å²) in [6.07, 6.45) is 46.6. The molecule has 0 saturated heterocycles. The van der Waals surface area contributed by atoms with Crippen molar-refractivity contribution >= 4 is 11.9 Å². The van der Waals surface area contributed by atoms with E-state index >= 15 is 0 Å². The van der Waals surface area contributed by atoms with E-state index in [1.165, 1.54) is 141 Å². The second-order valence-electron chi connectivity index (χ2n) is 16.2. The highest BCUT2D eigenvalue weighted by molar-refractivity contribution is 5.77. The van der Waals surface area contributed by atoms with Gasteiger partial charge in [-0.15, -0.1) is 0 Å². The zero-order valence-corrected chi connectivity index (χ0v) is 36.1. The molecule has 0 bridgehead atoms. The zero-order chi connectivity index (χ0) is 39.6. The van der Waals surface area contributed by atoms with Gasteiger partial charge in [-0.25, -0.2) is 0 Å². The van der Waals surface area contributed by atoms with Gasteiger partial charge in [0.05, 0.1) is 25.2 Å². The van der Waals surface area contributed by atoms with E-state index in [0.717, 1.165) is 57.8 Å². The molecule has 0 aromatic rings. The summed E-state index contributed by atoms with van der Waals surface area (Å²) in [5.74, 6) is -0.480. The van der Waals surface area contributed by atoms with Gasteiger partial charge >= 0.3 is 5.97 Å². The lowest BCUT2D eigenvalue weighted by Gasteiger charge is -2.24. The first-order valence-corrected chi connectivity index (χ1v) is 23.6. The number of carbonyl (C=O) groups is 2. The van der Waals surface area contributed by atoms with Gasteiger partial charge < -0.3 is 20.3 Å². The van der Waals surface area contributed by atoms with Crippen molar-refractivity contribution in [1.82, 2.24) is 5.32 Å².